The van der Waals surface area contributed by atoms with Gasteiger partial charge in [0.25, 0.3) is 0 Å². The number of rotatable bonds is 3. The maximum absolute atomic E-state index is 4.90. The van der Waals surface area contributed by atoms with Crippen molar-refractivity contribution >= 4 is 0 Å². The first-order valence-corrected chi connectivity index (χ1v) is 7.62. The molecule has 1 N–H and O–H groups in total. The van der Waals surface area contributed by atoms with Gasteiger partial charge in [-0.2, -0.15) is 0 Å². The highest BCUT2D eigenvalue weighted by molar-refractivity contribution is 5.22. The number of nitrogens with one attached hydrogen (secondary N) is 1. The Kier molecular flexibility index (Phi) is 3.63. The molecule has 106 valence electrons. The smallest absolute Gasteiger partial charge is 0.111 e. The zero-order valence-corrected chi connectivity index (χ0v) is 12.4. The van der Waals surface area contributed by atoms with Gasteiger partial charge in [0.05, 0.1) is 5.69 Å². The minimum absolute atomic E-state index is 0.518. The number of fused-ring (bicyclic) bond motifs is 1. The molecule has 1 aromatic heterocycles. The van der Waals surface area contributed by atoms with E-state index < -0.39 is 0 Å². The molecule has 0 saturated carbocycles. The molecule has 0 amide bonds. The Balaban J connectivity index is 1.87. The lowest BCUT2D eigenvalue weighted by atomic mass is 10.1. The molecule has 19 heavy (non-hydrogen) atoms. The van der Waals surface area contributed by atoms with Crippen LogP contribution in [0.25, 0.3) is 0 Å². The highest BCUT2D eigenvalue weighted by Gasteiger charge is 2.25. The minimum Gasteiger partial charge on any atom is -0.331 e. The minimum atomic E-state index is 0.518. The number of nitrogens with zero attached hydrogens (tertiary/aromatic N) is 3. The second-order valence-electron chi connectivity index (χ2n) is 6.47. The lowest BCUT2D eigenvalue weighted by Crippen LogP contribution is -2.26. The predicted octanol–water partition coefficient (Wildman–Crippen LogP) is 1.60. The van der Waals surface area contributed by atoms with Crippen LogP contribution in [0.1, 0.15) is 43.4 Å². The summed E-state index contributed by atoms with van der Waals surface area (Å²) in [5, 5.41) is 3.44. The van der Waals surface area contributed by atoms with Gasteiger partial charge in [0.2, 0.25) is 0 Å². The van der Waals surface area contributed by atoms with Gasteiger partial charge in [0.1, 0.15) is 5.82 Å². The first-order chi connectivity index (χ1) is 9.15. The van der Waals surface area contributed by atoms with Gasteiger partial charge in [-0.25, -0.2) is 4.98 Å². The predicted molar refractivity (Wildman–Crippen MR) is 77.3 cm³/mol. The monoisotopic (exact) mass is 262 g/mol. The van der Waals surface area contributed by atoms with Crippen LogP contribution in [-0.2, 0) is 19.5 Å². The number of imidazole rings is 1. The molecular weight excluding hydrogens is 236 g/mol. The third-order valence-electron chi connectivity index (χ3n) is 4.46. The van der Waals surface area contributed by atoms with Crippen molar-refractivity contribution in [2.75, 3.05) is 26.7 Å². The highest BCUT2D eigenvalue weighted by atomic mass is 15.2. The zero-order valence-electron chi connectivity index (χ0n) is 12.4. The number of hydrogen-bond donors (Lipinski definition) is 1. The standard InChI is InChI=1S/C15H26N4/c1-11(2)15-17-13-8-16-6-4-14(13)19(15)10-12-5-7-18(3)9-12/h11-12,16H,4-10H2,1-3H3. The van der Waals surface area contributed by atoms with Crippen LogP contribution in [0.2, 0.25) is 0 Å². The van der Waals surface area contributed by atoms with E-state index in [1.165, 1.54) is 43.3 Å². The SMILES string of the molecule is CC(C)c1nc2c(n1CC1CCN(C)C1)CCNC2. The summed E-state index contributed by atoms with van der Waals surface area (Å²) >= 11 is 0. The fourth-order valence-corrected chi connectivity index (χ4v) is 3.47. The van der Waals surface area contributed by atoms with Crippen LogP contribution in [0.4, 0.5) is 0 Å². The Morgan fingerprint density at radius 1 is 1.42 bits per heavy atom. The Bertz CT molecular complexity index is 449. The van der Waals surface area contributed by atoms with Crippen LogP contribution < -0.4 is 5.32 Å². The molecule has 0 aromatic carbocycles. The molecule has 1 unspecified atom stereocenters. The van der Waals surface area contributed by atoms with Gasteiger partial charge in [0.15, 0.2) is 0 Å². The summed E-state index contributed by atoms with van der Waals surface area (Å²) in [5.74, 6) is 2.61. The third-order valence-corrected chi connectivity index (χ3v) is 4.46. The van der Waals surface area contributed by atoms with Crippen molar-refractivity contribution in [2.24, 2.45) is 5.92 Å². The van der Waals surface area contributed by atoms with Gasteiger partial charge in [-0.15, -0.1) is 0 Å². The molecular formula is C15H26N4. The van der Waals surface area contributed by atoms with E-state index in [1.54, 1.807) is 0 Å². The van der Waals surface area contributed by atoms with Crippen LogP contribution in [0.15, 0.2) is 0 Å². The van der Waals surface area contributed by atoms with Gasteiger partial charge < -0.3 is 14.8 Å². The molecule has 0 bridgehead atoms. The third kappa shape index (κ3) is 2.56. The van der Waals surface area contributed by atoms with E-state index in [4.69, 9.17) is 4.98 Å². The first-order valence-electron chi connectivity index (χ1n) is 7.62. The van der Waals surface area contributed by atoms with Gasteiger partial charge in [-0.05, 0) is 25.9 Å². The Hall–Kier alpha value is -0.870. The van der Waals surface area contributed by atoms with Gasteiger partial charge in [-0.1, -0.05) is 13.8 Å². The molecule has 2 aliphatic heterocycles. The summed E-state index contributed by atoms with van der Waals surface area (Å²) in [7, 11) is 2.23. The van der Waals surface area contributed by atoms with Gasteiger partial charge in [-0.3, -0.25) is 0 Å². The maximum atomic E-state index is 4.90. The molecule has 4 heteroatoms. The van der Waals surface area contributed by atoms with Crippen molar-refractivity contribution < 1.29 is 0 Å². The van der Waals surface area contributed by atoms with E-state index in [0.29, 0.717) is 5.92 Å². The van der Waals surface area contributed by atoms with Gasteiger partial charge in [0, 0.05) is 44.2 Å². The van der Waals surface area contributed by atoms with E-state index in [2.05, 4.69) is 35.7 Å². The molecule has 3 heterocycles. The fourth-order valence-electron chi connectivity index (χ4n) is 3.47. The maximum Gasteiger partial charge on any atom is 0.111 e. The van der Waals surface area contributed by atoms with Crippen LogP contribution in [-0.4, -0.2) is 41.1 Å². The van der Waals surface area contributed by atoms with Gasteiger partial charge >= 0.3 is 0 Å². The molecule has 0 spiro atoms. The van der Waals surface area contributed by atoms with Crippen molar-refractivity contribution in [1.82, 2.24) is 19.8 Å². The lowest BCUT2D eigenvalue weighted by molar-refractivity contribution is 0.371. The van der Waals surface area contributed by atoms with E-state index in [0.717, 1.165) is 25.4 Å². The van der Waals surface area contributed by atoms with E-state index in [1.807, 2.05) is 0 Å². The largest absolute Gasteiger partial charge is 0.331 e. The molecule has 4 nitrogen and oxygen atoms in total. The van der Waals surface area contributed by atoms with Crippen molar-refractivity contribution in [3.8, 4) is 0 Å². The Labute approximate surface area is 116 Å². The zero-order chi connectivity index (χ0) is 13.4. The summed E-state index contributed by atoms with van der Waals surface area (Å²) in [6.07, 6.45) is 2.47. The fraction of sp³-hybridized carbons (Fsp3) is 0.800. The quantitative estimate of drug-likeness (QED) is 0.898. The highest BCUT2D eigenvalue weighted by Crippen LogP contribution is 2.25. The molecule has 0 aliphatic carbocycles. The molecule has 1 aromatic rings. The molecule has 3 rings (SSSR count). The van der Waals surface area contributed by atoms with Crippen molar-refractivity contribution in [3.63, 3.8) is 0 Å². The van der Waals surface area contributed by atoms with E-state index >= 15 is 0 Å². The Morgan fingerprint density at radius 2 is 2.26 bits per heavy atom. The number of hydrogen-bond acceptors (Lipinski definition) is 3. The lowest BCUT2D eigenvalue weighted by Gasteiger charge is -2.20. The van der Waals surface area contributed by atoms with Crippen molar-refractivity contribution in [1.29, 1.82) is 0 Å². The van der Waals surface area contributed by atoms with E-state index in [9.17, 15) is 0 Å². The summed E-state index contributed by atoms with van der Waals surface area (Å²) in [6, 6.07) is 0. The molecule has 0 radical (unpaired) electrons. The second-order valence-corrected chi connectivity index (χ2v) is 6.47. The Morgan fingerprint density at radius 3 is 2.95 bits per heavy atom. The van der Waals surface area contributed by atoms with Crippen LogP contribution >= 0.6 is 0 Å². The average molecular weight is 262 g/mol. The summed E-state index contributed by atoms with van der Waals surface area (Å²) in [4.78, 5) is 7.35. The summed E-state index contributed by atoms with van der Waals surface area (Å²) in [5.41, 5.74) is 2.79. The molecule has 1 atom stereocenters. The average Bonchev–Trinajstić information content (AvgIpc) is 2.95. The second kappa shape index (κ2) is 5.25. The van der Waals surface area contributed by atoms with Crippen LogP contribution in [0.3, 0.4) is 0 Å². The molecule has 2 aliphatic rings. The molecule has 1 saturated heterocycles. The van der Waals surface area contributed by atoms with Crippen LogP contribution in [0, 0.1) is 5.92 Å². The van der Waals surface area contributed by atoms with Crippen molar-refractivity contribution in [2.45, 2.75) is 45.7 Å². The summed E-state index contributed by atoms with van der Waals surface area (Å²) < 4.78 is 2.55. The summed E-state index contributed by atoms with van der Waals surface area (Å²) in [6.45, 7) is 10.2. The normalized spacial score (nSPS) is 24.1. The molecule has 1 fully saturated rings. The first kappa shape index (κ1) is 13.1. The van der Waals surface area contributed by atoms with E-state index in [-0.39, 0.29) is 0 Å². The van der Waals surface area contributed by atoms with Crippen molar-refractivity contribution in [3.05, 3.63) is 17.2 Å². The topological polar surface area (TPSA) is 33.1 Å². The number of likely N-dealkylation sites (tertiary alicyclic amines) is 1. The van der Waals surface area contributed by atoms with Crippen LogP contribution in [0.5, 0.6) is 0 Å². The number of aromatic nitrogens is 2.